The van der Waals surface area contributed by atoms with E-state index >= 15 is 0 Å². The van der Waals surface area contributed by atoms with Gasteiger partial charge in [0, 0.05) is 19.0 Å². The van der Waals surface area contributed by atoms with Crippen LogP contribution in [0.3, 0.4) is 0 Å². The van der Waals surface area contributed by atoms with Gasteiger partial charge >= 0.3 is 5.97 Å². The van der Waals surface area contributed by atoms with Gasteiger partial charge in [-0.05, 0) is 31.4 Å². The van der Waals surface area contributed by atoms with Gasteiger partial charge < -0.3 is 14.2 Å². The van der Waals surface area contributed by atoms with Gasteiger partial charge in [-0.25, -0.2) is 8.42 Å². The highest BCUT2D eigenvalue weighted by atomic mass is 32.2. The SMILES string of the molecule is COC(=O)C1CCCCN1S(=O)(=O)c1ccc2c(c1)OCCCO2. The molecule has 132 valence electrons. The normalized spacial score (nSPS) is 21.8. The zero-order valence-electron chi connectivity index (χ0n) is 13.6. The standard InChI is InChI=1S/C16H21NO6S/c1-21-16(18)13-5-2-3-8-17(13)24(19,20)12-6-7-14-15(11-12)23-10-4-9-22-14/h6-7,11,13H,2-5,8-10H2,1H3. The third-order valence-electron chi connectivity index (χ3n) is 4.25. The Morgan fingerprint density at radius 1 is 1.17 bits per heavy atom. The summed E-state index contributed by atoms with van der Waals surface area (Å²) in [6.45, 7) is 1.32. The fourth-order valence-corrected chi connectivity index (χ4v) is 4.67. The number of methoxy groups -OCH3 is 1. The Morgan fingerprint density at radius 2 is 1.92 bits per heavy atom. The predicted octanol–water partition coefficient (Wildman–Crippen LogP) is 1.56. The molecule has 2 aliphatic rings. The highest BCUT2D eigenvalue weighted by Gasteiger charge is 2.38. The average molecular weight is 355 g/mol. The van der Waals surface area contributed by atoms with E-state index in [2.05, 4.69) is 0 Å². The van der Waals surface area contributed by atoms with Gasteiger partial charge in [0.25, 0.3) is 0 Å². The number of piperidine rings is 1. The Labute approximate surface area is 141 Å². The van der Waals surface area contributed by atoms with Gasteiger partial charge in [0.2, 0.25) is 10.0 Å². The number of ether oxygens (including phenoxy) is 3. The summed E-state index contributed by atoms with van der Waals surface area (Å²) in [5.74, 6) is 0.433. The van der Waals surface area contributed by atoms with Crippen LogP contribution in [0.4, 0.5) is 0 Å². The molecule has 8 heteroatoms. The zero-order chi connectivity index (χ0) is 17.2. The maximum absolute atomic E-state index is 13.0. The number of hydrogen-bond donors (Lipinski definition) is 0. The number of fused-ring (bicyclic) bond motifs is 1. The van der Waals surface area contributed by atoms with Gasteiger partial charge in [-0.2, -0.15) is 4.31 Å². The van der Waals surface area contributed by atoms with Gasteiger partial charge in [-0.15, -0.1) is 0 Å². The van der Waals surface area contributed by atoms with E-state index in [1.807, 2.05) is 0 Å². The number of esters is 1. The van der Waals surface area contributed by atoms with Crippen LogP contribution in [0.1, 0.15) is 25.7 Å². The molecule has 1 saturated heterocycles. The molecule has 0 N–H and O–H groups in total. The highest BCUT2D eigenvalue weighted by Crippen LogP contribution is 2.34. The van der Waals surface area contributed by atoms with Crippen molar-refractivity contribution >= 4 is 16.0 Å². The molecule has 0 radical (unpaired) electrons. The largest absolute Gasteiger partial charge is 0.490 e. The first-order valence-electron chi connectivity index (χ1n) is 8.03. The van der Waals surface area contributed by atoms with E-state index in [4.69, 9.17) is 14.2 Å². The zero-order valence-corrected chi connectivity index (χ0v) is 14.4. The summed E-state index contributed by atoms with van der Waals surface area (Å²) in [6, 6.07) is 3.79. The molecule has 2 aliphatic heterocycles. The minimum Gasteiger partial charge on any atom is -0.490 e. The molecular formula is C16H21NO6S. The van der Waals surface area contributed by atoms with Crippen LogP contribution in [0, 0.1) is 0 Å². The highest BCUT2D eigenvalue weighted by molar-refractivity contribution is 7.89. The van der Waals surface area contributed by atoms with Crippen molar-refractivity contribution in [3.05, 3.63) is 18.2 Å². The first-order chi connectivity index (χ1) is 11.5. The van der Waals surface area contributed by atoms with Gasteiger partial charge in [0.05, 0.1) is 25.2 Å². The number of benzene rings is 1. The minimum atomic E-state index is -3.81. The summed E-state index contributed by atoms with van der Waals surface area (Å²) in [4.78, 5) is 12.1. The molecule has 1 fully saturated rings. The third-order valence-corrected chi connectivity index (χ3v) is 6.16. The molecule has 7 nitrogen and oxygen atoms in total. The van der Waals surface area contributed by atoms with Crippen molar-refractivity contribution in [3.63, 3.8) is 0 Å². The summed E-state index contributed by atoms with van der Waals surface area (Å²) < 4.78 is 43.1. The molecule has 0 aliphatic carbocycles. The Hall–Kier alpha value is -1.80. The summed E-state index contributed by atoms with van der Waals surface area (Å²) >= 11 is 0. The first-order valence-corrected chi connectivity index (χ1v) is 9.47. The number of hydrogen-bond acceptors (Lipinski definition) is 6. The smallest absolute Gasteiger partial charge is 0.324 e. The lowest BCUT2D eigenvalue weighted by Gasteiger charge is -2.32. The number of carbonyl (C=O) groups excluding carboxylic acids is 1. The van der Waals surface area contributed by atoms with Crippen LogP contribution in [0.15, 0.2) is 23.1 Å². The lowest BCUT2D eigenvalue weighted by atomic mass is 10.1. The van der Waals surface area contributed by atoms with E-state index in [0.717, 1.165) is 19.3 Å². The lowest BCUT2D eigenvalue weighted by Crippen LogP contribution is -2.48. The maximum Gasteiger partial charge on any atom is 0.324 e. The minimum absolute atomic E-state index is 0.0996. The molecule has 1 aromatic carbocycles. The van der Waals surface area contributed by atoms with Crippen LogP contribution in [-0.4, -0.2) is 51.6 Å². The Bertz CT molecular complexity index is 717. The van der Waals surface area contributed by atoms with E-state index in [9.17, 15) is 13.2 Å². The van der Waals surface area contributed by atoms with Crippen molar-refractivity contribution < 1.29 is 27.4 Å². The number of carbonyl (C=O) groups is 1. The van der Waals surface area contributed by atoms with Gasteiger partial charge in [-0.3, -0.25) is 4.79 Å². The molecule has 0 spiro atoms. The van der Waals surface area contributed by atoms with Gasteiger partial charge in [0.15, 0.2) is 11.5 Å². The summed E-state index contributed by atoms with van der Waals surface area (Å²) in [5.41, 5.74) is 0. The van der Waals surface area contributed by atoms with E-state index in [1.165, 1.54) is 23.5 Å². The van der Waals surface area contributed by atoms with Gasteiger partial charge in [0.1, 0.15) is 6.04 Å². The predicted molar refractivity (Wildman–Crippen MR) is 85.6 cm³/mol. The molecule has 0 saturated carbocycles. The van der Waals surface area contributed by atoms with E-state index in [-0.39, 0.29) is 4.90 Å². The van der Waals surface area contributed by atoms with Crippen molar-refractivity contribution in [3.8, 4) is 11.5 Å². The molecule has 1 unspecified atom stereocenters. The number of sulfonamides is 1. The summed E-state index contributed by atoms with van der Waals surface area (Å²) in [6.07, 6.45) is 2.73. The van der Waals surface area contributed by atoms with Crippen LogP contribution in [0.25, 0.3) is 0 Å². The molecular weight excluding hydrogens is 334 g/mol. The molecule has 0 aromatic heterocycles. The molecule has 3 rings (SSSR count). The molecule has 2 heterocycles. The summed E-state index contributed by atoms with van der Waals surface area (Å²) in [5, 5.41) is 0. The topological polar surface area (TPSA) is 82.1 Å². The second kappa shape index (κ2) is 6.98. The van der Waals surface area contributed by atoms with E-state index < -0.39 is 22.0 Å². The van der Waals surface area contributed by atoms with E-state index in [0.29, 0.717) is 37.7 Å². The van der Waals surface area contributed by atoms with Crippen molar-refractivity contribution in [2.24, 2.45) is 0 Å². The monoisotopic (exact) mass is 355 g/mol. The van der Waals surface area contributed by atoms with Crippen LogP contribution in [0.2, 0.25) is 0 Å². The fourth-order valence-electron chi connectivity index (χ4n) is 3.00. The van der Waals surface area contributed by atoms with Gasteiger partial charge in [-0.1, -0.05) is 0 Å². The van der Waals surface area contributed by atoms with Crippen molar-refractivity contribution in [2.45, 2.75) is 36.6 Å². The second-order valence-electron chi connectivity index (χ2n) is 5.81. The van der Waals surface area contributed by atoms with Crippen molar-refractivity contribution in [1.29, 1.82) is 0 Å². The molecule has 0 amide bonds. The number of rotatable bonds is 3. The van der Waals surface area contributed by atoms with E-state index in [1.54, 1.807) is 6.07 Å². The van der Waals surface area contributed by atoms with Crippen LogP contribution < -0.4 is 9.47 Å². The van der Waals surface area contributed by atoms with Crippen LogP contribution >= 0.6 is 0 Å². The summed E-state index contributed by atoms with van der Waals surface area (Å²) in [7, 11) is -2.54. The maximum atomic E-state index is 13.0. The van der Waals surface area contributed by atoms with Crippen LogP contribution in [0.5, 0.6) is 11.5 Å². The Kier molecular flexibility index (Phi) is 4.96. The van der Waals surface area contributed by atoms with Crippen molar-refractivity contribution in [2.75, 3.05) is 26.9 Å². The molecule has 1 atom stereocenters. The Morgan fingerprint density at radius 3 is 2.67 bits per heavy atom. The average Bonchev–Trinajstić information content (AvgIpc) is 2.85. The first kappa shape index (κ1) is 17.0. The molecule has 1 aromatic rings. The Balaban J connectivity index is 1.94. The quantitative estimate of drug-likeness (QED) is 0.766. The van der Waals surface area contributed by atoms with Crippen LogP contribution in [-0.2, 0) is 19.6 Å². The third kappa shape index (κ3) is 3.21. The number of nitrogens with zero attached hydrogens (tertiary/aromatic N) is 1. The molecule has 24 heavy (non-hydrogen) atoms. The molecule has 0 bridgehead atoms. The lowest BCUT2D eigenvalue weighted by molar-refractivity contribution is -0.146. The van der Waals surface area contributed by atoms with Crippen molar-refractivity contribution in [1.82, 2.24) is 4.31 Å². The second-order valence-corrected chi connectivity index (χ2v) is 7.70. The fraction of sp³-hybridized carbons (Fsp3) is 0.562.